The van der Waals surface area contributed by atoms with E-state index in [-0.39, 0.29) is 18.4 Å². The number of amides is 2. The van der Waals surface area contributed by atoms with E-state index in [1.165, 1.54) is 24.3 Å². The van der Waals surface area contributed by atoms with Crippen molar-refractivity contribution in [3.63, 3.8) is 0 Å². The van der Waals surface area contributed by atoms with Gasteiger partial charge in [0.05, 0.1) is 6.54 Å². The van der Waals surface area contributed by atoms with Crippen LogP contribution in [0.1, 0.15) is 26.3 Å². The van der Waals surface area contributed by atoms with Gasteiger partial charge >= 0.3 is 6.03 Å². The van der Waals surface area contributed by atoms with E-state index in [2.05, 4.69) is 5.32 Å². The lowest BCUT2D eigenvalue weighted by Crippen LogP contribution is -2.45. The van der Waals surface area contributed by atoms with Gasteiger partial charge in [-0.2, -0.15) is 0 Å². The summed E-state index contributed by atoms with van der Waals surface area (Å²) in [7, 11) is 0. The largest absolute Gasteiger partial charge is 0.384 e. The SMILES string of the molecule is CCN(CC)C(=O)NCC(C)(O)c1ccc(F)cc1. The van der Waals surface area contributed by atoms with Gasteiger partial charge in [0.2, 0.25) is 0 Å². The summed E-state index contributed by atoms with van der Waals surface area (Å²) >= 11 is 0. The number of benzene rings is 1. The summed E-state index contributed by atoms with van der Waals surface area (Å²) in [6.45, 7) is 6.67. The molecule has 5 heteroatoms. The molecule has 1 aromatic carbocycles. The Balaban J connectivity index is 2.65. The molecule has 0 aliphatic heterocycles. The van der Waals surface area contributed by atoms with Crippen LogP contribution in [-0.2, 0) is 5.60 Å². The van der Waals surface area contributed by atoms with Crippen LogP contribution >= 0.6 is 0 Å². The predicted molar refractivity (Wildman–Crippen MR) is 72.3 cm³/mol. The summed E-state index contributed by atoms with van der Waals surface area (Å²) in [6, 6.07) is 5.39. The maximum atomic E-state index is 12.8. The molecule has 0 saturated carbocycles. The molecule has 0 aliphatic carbocycles. The molecule has 1 unspecified atom stereocenters. The molecule has 1 aromatic rings. The standard InChI is InChI=1S/C14H21FN2O2/c1-4-17(5-2)13(18)16-10-14(3,19)11-6-8-12(15)9-7-11/h6-9,19H,4-5,10H2,1-3H3,(H,16,18). The Labute approximate surface area is 113 Å². The van der Waals surface area contributed by atoms with Gasteiger partial charge in [-0.15, -0.1) is 0 Å². The van der Waals surface area contributed by atoms with Crippen molar-refractivity contribution in [3.8, 4) is 0 Å². The van der Waals surface area contributed by atoms with E-state index in [9.17, 15) is 14.3 Å². The molecular formula is C14H21FN2O2. The summed E-state index contributed by atoms with van der Waals surface area (Å²) in [4.78, 5) is 13.4. The molecule has 106 valence electrons. The Bertz CT molecular complexity index is 414. The highest BCUT2D eigenvalue weighted by Crippen LogP contribution is 2.19. The summed E-state index contributed by atoms with van der Waals surface area (Å²) < 4.78 is 12.8. The highest BCUT2D eigenvalue weighted by molar-refractivity contribution is 5.74. The lowest BCUT2D eigenvalue weighted by Gasteiger charge is -2.26. The lowest BCUT2D eigenvalue weighted by atomic mass is 9.96. The van der Waals surface area contributed by atoms with Crippen LogP contribution in [0, 0.1) is 5.82 Å². The average Bonchev–Trinajstić information content (AvgIpc) is 2.38. The maximum absolute atomic E-state index is 12.8. The van der Waals surface area contributed by atoms with Crippen molar-refractivity contribution in [2.75, 3.05) is 19.6 Å². The monoisotopic (exact) mass is 268 g/mol. The number of nitrogens with one attached hydrogen (secondary N) is 1. The second-order valence-electron chi connectivity index (χ2n) is 4.61. The molecule has 2 amide bonds. The summed E-state index contributed by atoms with van der Waals surface area (Å²) in [6.07, 6.45) is 0. The Hall–Kier alpha value is -1.62. The van der Waals surface area contributed by atoms with Crippen LogP contribution in [0.25, 0.3) is 0 Å². The molecule has 0 radical (unpaired) electrons. The zero-order valence-electron chi connectivity index (χ0n) is 11.6. The van der Waals surface area contributed by atoms with Gasteiger partial charge in [-0.1, -0.05) is 12.1 Å². The van der Waals surface area contributed by atoms with Crippen LogP contribution in [0.5, 0.6) is 0 Å². The van der Waals surface area contributed by atoms with E-state index in [1.807, 2.05) is 13.8 Å². The summed E-state index contributed by atoms with van der Waals surface area (Å²) in [5.41, 5.74) is -0.662. The van der Waals surface area contributed by atoms with Gasteiger partial charge in [0.15, 0.2) is 0 Å². The number of nitrogens with zero attached hydrogens (tertiary/aromatic N) is 1. The quantitative estimate of drug-likeness (QED) is 0.859. The molecule has 2 N–H and O–H groups in total. The van der Waals surface area contributed by atoms with Crippen LogP contribution < -0.4 is 5.32 Å². The first kappa shape index (κ1) is 15.4. The van der Waals surface area contributed by atoms with Crippen LogP contribution in [-0.4, -0.2) is 35.7 Å². The second kappa shape index (κ2) is 6.52. The van der Waals surface area contributed by atoms with Crippen molar-refractivity contribution in [3.05, 3.63) is 35.6 Å². The first-order chi connectivity index (χ1) is 8.90. The average molecular weight is 268 g/mol. The number of urea groups is 1. The summed E-state index contributed by atoms with van der Waals surface area (Å²) in [5, 5.41) is 13.0. The number of halogens is 1. The van der Waals surface area contributed by atoms with Crippen molar-refractivity contribution in [1.29, 1.82) is 0 Å². The normalized spacial score (nSPS) is 13.7. The minimum atomic E-state index is -1.23. The zero-order chi connectivity index (χ0) is 14.5. The smallest absolute Gasteiger partial charge is 0.317 e. The van der Waals surface area contributed by atoms with Gasteiger partial charge in [0.25, 0.3) is 0 Å². The number of hydrogen-bond acceptors (Lipinski definition) is 2. The van der Waals surface area contributed by atoms with Crippen molar-refractivity contribution in [1.82, 2.24) is 10.2 Å². The number of aliphatic hydroxyl groups is 1. The molecule has 0 heterocycles. The molecule has 1 rings (SSSR count). The minimum absolute atomic E-state index is 0.0773. The Morgan fingerprint density at radius 1 is 1.32 bits per heavy atom. The van der Waals surface area contributed by atoms with Crippen molar-refractivity contribution < 1.29 is 14.3 Å². The maximum Gasteiger partial charge on any atom is 0.317 e. The minimum Gasteiger partial charge on any atom is -0.384 e. The van der Waals surface area contributed by atoms with E-state index in [0.29, 0.717) is 18.7 Å². The van der Waals surface area contributed by atoms with Crippen LogP contribution in [0.4, 0.5) is 9.18 Å². The third-order valence-corrected chi connectivity index (χ3v) is 3.10. The van der Waals surface area contributed by atoms with Crippen molar-refractivity contribution in [2.24, 2.45) is 0 Å². The number of carbonyl (C=O) groups excluding carboxylic acids is 1. The van der Waals surface area contributed by atoms with Gasteiger partial charge in [-0.3, -0.25) is 0 Å². The fourth-order valence-corrected chi connectivity index (χ4v) is 1.78. The molecule has 0 aliphatic rings. The van der Waals surface area contributed by atoms with Gasteiger partial charge in [-0.25, -0.2) is 9.18 Å². The van der Waals surface area contributed by atoms with Crippen LogP contribution in [0.2, 0.25) is 0 Å². The molecule has 19 heavy (non-hydrogen) atoms. The molecule has 0 spiro atoms. The Morgan fingerprint density at radius 3 is 2.32 bits per heavy atom. The molecule has 0 aromatic heterocycles. The molecular weight excluding hydrogens is 247 g/mol. The van der Waals surface area contributed by atoms with Gasteiger partial charge in [0.1, 0.15) is 11.4 Å². The van der Waals surface area contributed by atoms with Crippen LogP contribution in [0.15, 0.2) is 24.3 Å². The summed E-state index contributed by atoms with van der Waals surface area (Å²) in [5.74, 6) is -0.355. The third kappa shape index (κ3) is 4.21. The second-order valence-corrected chi connectivity index (χ2v) is 4.61. The van der Waals surface area contributed by atoms with E-state index >= 15 is 0 Å². The molecule has 4 nitrogen and oxygen atoms in total. The van der Waals surface area contributed by atoms with Crippen LogP contribution in [0.3, 0.4) is 0 Å². The lowest BCUT2D eigenvalue weighted by molar-refractivity contribution is 0.0576. The van der Waals surface area contributed by atoms with E-state index in [4.69, 9.17) is 0 Å². The third-order valence-electron chi connectivity index (χ3n) is 3.10. The van der Waals surface area contributed by atoms with E-state index in [0.717, 1.165) is 0 Å². The van der Waals surface area contributed by atoms with E-state index in [1.54, 1.807) is 11.8 Å². The molecule has 0 saturated heterocycles. The fraction of sp³-hybridized carbons (Fsp3) is 0.500. The highest BCUT2D eigenvalue weighted by Gasteiger charge is 2.24. The number of rotatable bonds is 5. The van der Waals surface area contributed by atoms with Gasteiger partial charge in [0, 0.05) is 13.1 Å². The first-order valence-corrected chi connectivity index (χ1v) is 6.42. The molecule has 0 bridgehead atoms. The zero-order valence-corrected chi connectivity index (χ0v) is 11.6. The Kier molecular flexibility index (Phi) is 5.30. The number of carbonyl (C=O) groups is 1. The molecule has 1 atom stereocenters. The highest BCUT2D eigenvalue weighted by atomic mass is 19.1. The topological polar surface area (TPSA) is 52.6 Å². The Morgan fingerprint density at radius 2 is 1.84 bits per heavy atom. The van der Waals surface area contributed by atoms with Gasteiger partial charge < -0.3 is 15.3 Å². The van der Waals surface area contributed by atoms with Gasteiger partial charge in [-0.05, 0) is 38.5 Å². The molecule has 0 fully saturated rings. The first-order valence-electron chi connectivity index (χ1n) is 6.42. The van der Waals surface area contributed by atoms with Crippen molar-refractivity contribution in [2.45, 2.75) is 26.4 Å². The van der Waals surface area contributed by atoms with E-state index < -0.39 is 5.60 Å². The number of hydrogen-bond donors (Lipinski definition) is 2. The van der Waals surface area contributed by atoms with Crippen molar-refractivity contribution >= 4 is 6.03 Å². The fourth-order valence-electron chi connectivity index (χ4n) is 1.78. The predicted octanol–water partition coefficient (Wildman–Crippen LogP) is 2.08.